The molecule has 1 fully saturated rings. The van der Waals surface area contributed by atoms with E-state index in [1.54, 1.807) is 24.3 Å². The molecule has 1 saturated heterocycles. The molecule has 30 heavy (non-hydrogen) atoms. The van der Waals surface area contributed by atoms with Gasteiger partial charge in [0.1, 0.15) is 0 Å². The van der Waals surface area contributed by atoms with Gasteiger partial charge in [0.05, 0.1) is 12.0 Å². The van der Waals surface area contributed by atoms with E-state index in [1.165, 1.54) is 6.07 Å². The normalized spacial score (nSPS) is 14.2. The summed E-state index contributed by atoms with van der Waals surface area (Å²) in [5.41, 5.74) is 4.13. The van der Waals surface area contributed by atoms with Crippen LogP contribution in [0.4, 0.5) is 18.9 Å². The number of nitrogens with one attached hydrogen (secondary N) is 2. The molecule has 5 nitrogen and oxygen atoms in total. The standard InChI is InChI=1S/C21H25F3N4O.CH4/c22-21(23,24)19-14-18(28-11-9-26-10-12-28)8-7-17(19)6-5-15-1-3-16(4-2-15)13-20(29)27-25;/h1-4,7-8,14,26H,5-6,9-13,25H2,(H,27,29);1H4. The van der Waals surface area contributed by atoms with E-state index in [0.29, 0.717) is 37.2 Å². The molecule has 1 heterocycles. The molecule has 0 saturated carbocycles. The highest BCUT2D eigenvalue weighted by atomic mass is 19.4. The van der Waals surface area contributed by atoms with Crippen LogP contribution in [-0.2, 0) is 30.2 Å². The van der Waals surface area contributed by atoms with Gasteiger partial charge in [-0.05, 0) is 41.7 Å². The van der Waals surface area contributed by atoms with Crippen LogP contribution in [0.15, 0.2) is 42.5 Å². The first-order chi connectivity index (χ1) is 13.9. The van der Waals surface area contributed by atoms with Crippen molar-refractivity contribution in [1.29, 1.82) is 0 Å². The fourth-order valence-electron chi connectivity index (χ4n) is 3.51. The Morgan fingerprint density at radius 2 is 1.67 bits per heavy atom. The summed E-state index contributed by atoms with van der Waals surface area (Å²) in [6, 6.07) is 11.9. The van der Waals surface area contributed by atoms with Gasteiger partial charge in [0, 0.05) is 31.9 Å². The molecule has 4 N–H and O–H groups in total. The van der Waals surface area contributed by atoms with Crippen LogP contribution in [0.5, 0.6) is 0 Å². The molecule has 0 aromatic heterocycles. The number of hydrogen-bond donors (Lipinski definition) is 3. The van der Waals surface area contributed by atoms with Gasteiger partial charge in [-0.3, -0.25) is 10.2 Å². The van der Waals surface area contributed by atoms with Crippen LogP contribution >= 0.6 is 0 Å². The van der Waals surface area contributed by atoms with Gasteiger partial charge in [0.15, 0.2) is 0 Å². The summed E-state index contributed by atoms with van der Waals surface area (Å²) >= 11 is 0. The molecule has 3 rings (SSSR count). The molecule has 0 bridgehead atoms. The third kappa shape index (κ3) is 6.21. The lowest BCUT2D eigenvalue weighted by Crippen LogP contribution is -2.43. The topological polar surface area (TPSA) is 70.4 Å². The largest absolute Gasteiger partial charge is 0.416 e. The molecule has 1 aliphatic heterocycles. The van der Waals surface area contributed by atoms with Crippen LogP contribution in [0, 0.1) is 0 Å². The number of alkyl halides is 3. The Kier molecular flexibility index (Phi) is 8.25. The van der Waals surface area contributed by atoms with E-state index >= 15 is 0 Å². The van der Waals surface area contributed by atoms with Crippen molar-refractivity contribution < 1.29 is 18.0 Å². The first-order valence-electron chi connectivity index (χ1n) is 9.60. The van der Waals surface area contributed by atoms with E-state index in [0.717, 1.165) is 24.2 Å². The number of anilines is 1. The Morgan fingerprint density at radius 3 is 2.27 bits per heavy atom. The molecular formula is C22H29F3N4O. The van der Waals surface area contributed by atoms with Gasteiger partial charge < -0.3 is 10.2 Å². The second-order valence-electron chi connectivity index (χ2n) is 7.14. The summed E-state index contributed by atoms with van der Waals surface area (Å²) < 4.78 is 41.0. The van der Waals surface area contributed by atoms with Crippen LogP contribution in [0.25, 0.3) is 0 Å². The maximum absolute atomic E-state index is 13.7. The van der Waals surface area contributed by atoms with Crippen molar-refractivity contribution in [3.05, 3.63) is 64.7 Å². The summed E-state index contributed by atoms with van der Waals surface area (Å²) in [5.74, 6) is 4.78. The molecular weight excluding hydrogens is 393 g/mol. The number of benzene rings is 2. The number of piperazine rings is 1. The minimum Gasteiger partial charge on any atom is -0.369 e. The maximum atomic E-state index is 13.7. The Bertz CT molecular complexity index is 831. The highest BCUT2D eigenvalue weighted by Gasteiger charge is 2.33. The number of hydrogen-bond acceptors (Lipinski definition) is 4. The number of aryl methyl sites for hydroxylation is 2. The van der Waals surface area contributed by atoms with Crippen molar-refractivity contribution in [2.75, 3.05) is 31.1 Å². The quantitative estimate of drug-likeness (QED) is 0.380. The Hall–Kier alpha value is -2.58. The highest BCUT2D eigenvalue weighted by molar-refractivity contribution is 5.77. The van der Waals surface area contributed by atoms with Crippen molar-refractivity contribution in [1.82, 2.24) is 10.7 Å². The number of carbonyl (C=O) groups is 1. The number of carbonyl (C=O) groups excluding carboxylic acids is 1. The molecule has 8 heteroatoms. The molecule has 2 aromatic rings. The summed E-state index contributed by atoms with van der Waals surface area (Å²) in [6.07, 6.45) is -3.44. The van der Waals surface area contributed by atoms with Gasteiger partial charge in [0.25, 0.3) is 0 Å². The van der Waals surface area contributed by atoms with E-state index < -0.39 is 11.7 Å². The molecule has 0 radical (unpaired) electrons. The number of rotatable bonds is 6. The number of amides is 1. The zero-order valence-corrected chi connectivity index (χ0v) is 16.1. The highest BCUT2D eigenvalue weighted by Crippen LogP contribution is 2.35. The fraction of sp³-hybridized carbons (Fsp3) is 0.409. The van der Waals surface area contributed by atoms with Gasteiger partial charge in [0.2, 0.25) is 5.91 Å². The van der Waals surface area contributed by atoms with E-state index in [9.17, 15) is 18.0 Å². The average Bonchev–Trinajstić information content (AvgIpc) is 2.73. The molecule has 0 unspecified atom stereocenters. The van der Waals surface area contributed by atoms with E-state index in [4.69, 9.17) is 5.84 Å². The molecule has 1 aliphatic rings. The Morgan fingerprint density at radius 1 is 1.03 bits per heavy atom. The van der Waals surface area contributed by atoms with Crippen LogP contribution in [0.1, 0.15) is 29.7 Å². The maximum Gasteiger partial charge on any atom is 0.416 e. The predicted molar refractivity (Wildman–Crippen MR) is 113 cm³/mol. The second-order valence-corrected chi connectivity index (χ2v) is 7.14. The van der Waals surface area contributed by atoms with Crippen molar-refractivity contribution in [2.24, 2.45) is 5.84 Å². The third-order valence-corrected chi connectivity index (χ3v) is 5.11. The van der Waals surface area contributed by atoms with E-state index in [1.807, 2.05) is 17.0 Å². The van der Waals surface area contributed by atoms with Crippen LogP contribution in [0.3, 0.4) is 0 Å². The fourth-order valence-corrected chi connectivity index (χ4v) is 3.51. The number of hydrazine groups is 1. The smallest absolute Gasteiger partial charge is 0.369 e. The number of nitrogens with two attached hydrogens (primary N) is 1. The first kappa shape index (κ1) is 23.7. The molecule has 0 aliphatic carbocycles. The van der Waals surface area contributed by atoms with Gasteiger partial charge >= 0.3 is 6.18 Å². The Balaban J connectivity index is 0.00000320. The number of nitrogens with zero attached hydrogens (tertiary/aromatic N) is 1. The van der Waals surface area contributed by atoms with Gasteiger partial charge in [-0.2, -0.15) is 13.2 Å². The summed E-state index contributed by atoms with van der Waals surface area (Å²) in [7, 11) is 0. The average molecular weight is 422 g/mol. The second kappa shape index (κ2) is 10.4. The summed E-state index contributed by atoms with van der Waals surface area (Å²) in [5, 5.41) is 3.20. The van der Waals surface area contributed by atoms with Gasteiger partial charge in [-0.1, -0.05) is 37.8 Å². The van der Waals surface area contributed by atoms with Gasteiger partial charge in [-0.15, -0.1) is 0 Å². The van der Waals surface area contributed by atoms with Crippen LogP contribution in [0.2, 0.25) is 0 Å². The summed E-state index contributed by atoms with van der Waals surface area (Å²) in [6.45, 7) is 2.94. The third-order valence-electron chi connectivity index (χ3n) is 5.11. The zero-order valence-electron chi connectivity index (χ0n) is 16.1. The molecule has 0 atom stereocenters. The van der Waals surface area contributed by atoms with Gasteiger partial charge in [-0.25, -0.2) is 5.84 Å². The Labute approximate surface area is 175 Å². The molecule has 164 valence electrons. The van der Waals surface area contributed by atoms with Crippen molar-refractivity contribution in [3.8, 4) is 0 Å². The monoisotopic (exact) mass is 422 g/mol. The first-order valence-corrected chi connectivity index (χ1v) is 9.60. The SMILES string of the molecule is C.NNC(=O)Cc1ccc(CCc2ccc(N3CCNCC3)cc2C(F)(F)F)cc1. The zero-order chi connectivity index (χ0) is 20.9. The minimum absolute atomic E-state index is 0. The van der Waals surface area contributed by atoms with E-state index in [-0.39, 0.29) is 19.8 Å². The van der Waals surface area contributed by atoms with Crippen molar-refractivity contribution in [2.45, 2.75) is 32.9 Å². The van der Waals surface area contributed by atoms with Crippen LogP contribution < -0.4 is 21.5 Å². The van der Waals surface area contributed by atoms with Crippen molar-refractivity contribution in [3.63, 3.8) is 0 Å². The van der Waals surface area contributed by atoms with E-state index in [2.05, 4.69) is 10.7 Å². The molecule has 0 spiro atoms. The lowest BCUT2D eigenvalue weighted by atomic mass is 9.97. The lowest BCUT2D eigenvalue weighted by molar-refractivity contribution is -0.138. The lowest BCUT2D eigenvalue weighted by Gasteiger charge is -2.30. The molecule has 1 amide bonds. The molecule has 2 aromatic carbocycles. The van der Waals surface area contributed by atoms with Crippen molar-refractivity contribution >= 4 is 11.6 Å². The van der Waals surface area contributed by atoms with Crippen LogP contribution in [-0.4, -0.2) is 32.1 Å². The minimum atomic E-state index is -4.39. The summed E-state index contributed by atoms with van der Waals surface area (Å²) in [4.78, 5) is 13.3. The number of halogens is 3. The predicted octanol–water partition coefficient (Wildman–Crippen LogP) is 3.07.